The molecule has 0 aromatic rings. The highest BCUT2D eigenvalue weighted by atomic mass is 16.5. The van der Waals surface area contributed by atoms with Gasteiger partial charge in [0, 0.05) is 25.2 Å². The van der Waals surface area contributed by atoms with Gasteiger partial charge in [0.2, 0.25) is 0 Å². The number of ether oxygens (including phenoxy) is 1. The zero-order valence-electron chi connectivity index (χ0n) is 12.9. The van der Waals surface area contributed by atoms with Crippen LogP contribution in [0.3, 0.4) is 0 Å². The Morgan fingerprint density at radius 3 is 2.16 bits per heavy atom. The molecule has 1 heterocycles. The third-order valence-corrected chi connectivity index (χ3v) is 2.35. The molecule has 1 rings (SSSR count). The van der Waals surface area contributed by atoms with Crippen LogP contribution in [0.5, 0.6) is 0 Å². The number of nitrogens with one attached hydrogen (secondary N) is 2. The van der Waals surface area contributed by atoms with Crippen molar-refractivity contribution in [3.63, 3.8) is 0 Å². The molecule has 0 bridgehead atoms. The van der Waals surface area contributed by atoms with Crippen molar-refractivity contribution in [2.24, 2.45) is 5.73 Å². The molecule has 1 aliphatic heterocycles. The molecule has 118 valence electrons. The van der Waals surface area contributed by atoms with Crippen molar-refractivity contribution in [1.82, 2.24) is 10.6 Å². The summed E-state index contributed by atoms with van der Waals surface area (Å²) in [7, 11) is 3.59. The number of rotatable bonds is 5. The van der Waals surface area contributed by atoms with Crippen LogP contribution in [0.15, 0.2) is 0 Å². The van der Waals surface area contributed by atoms with E-state index >= 15 is 0 Å². The fourth-order valence-electron chi connectivity index (χ4n) is 1.12. The molecule has 1 atom stereocenters. The third kappa shape index (κ3) is 20.2. The Balaban J connectivity index is 0. The van der Waals surface area contributed by atoms with Crippen molar-refractivity contribution in [3.8, 4) is 0 Å². The summed E-state index contributed by atoms with van der Waals surface area (Å²) in [6.45, 7) is 6.73. The Kier molecular flexibility index (Phi) is 15.7. The largest absolute Gasteiger partial charge is 0.395 e. The summed E-state index contributed by atoms with van der Waals surface area (Å²) in [5.74, 6) is 0. The molecule has 0 amide bonds. The van der Waals surface area contributed by atoms with Gasteiger partial charge < -0.3 is 31.3 Å². The number of hydrogen-bond acceptors (Lipinski definition) is 6. The topological polar surface area (TPSA) is 99.8 Å². The highest BCUT2D eigenvalue weighted by Crippen LogP contribution is 2.02. The molecule has 0 radical (unpaired) electrons. The second kappa shape index (κ2) is 14.2. The first kappa shape index (κ1) is 21.1. The van der Waals surface area contributed by atoms with Crippen LogP contribution < -0.4 is 16.4 Å². The van der Waals surface area contributed by atoms with Gasteiger partial charge in [-0.05, 0) is 40.3 Å². The maximum absolute atomic E-state index is 8.50. The molecule has 6 nitrogen and oxygen atoms in total. The Hall–Kier alpha value is -0.240. The quantitative estimate of drug-likeness (QED) is 0.427. The van der Waals surface area contributed by atoms with Gasteiger partial charge in [-0.1, -0.05) is 0 Å². The highest BCUT2D eigenvalue weighted by Gasteiger charge is 2.10. The number of nitrogens with two attached hydrogens (primary N) is 1. The van der Waals surface area contributed by atoms with Crippen LogP contribution in [-0.2, 0) is 4.74 Å². The van der Waals surface area contributed by atoms with Crippen molar-refractivity contribution in [2.45, 2.75) is 38.3 Å². The van der Waals surface area contributed by atoms with E-state index in [4.69, 9.17) is 20.7 Å². The summed E-state index contributed by atoms with van der Waals surface area (Å²) in [6.07, 6.45) is 2.38. The van der Waals surface area contributed by atoms with Gasteiger partial charge in [0.1, 0.15) is 0 Å². The van der Waals surface area contributed by atoms with E-state index in [0.29, 0.717) is 12.6 Å². The first-order chi connectivity index (χ1) is 8.91. The van der Waals surface area contributed by atoms with Gasteiger partial charge in [0.05, 0.1) is 19.8 Å². The molecule has 0 saturated carbocycles. The van der Waals surface area contributed by atoms with Crippen molar-refractivity contribution in [2.75, 3.05) is 47.1 Å². The Bertz CT molecular complexity index is 165. The zero-order valence-corrected chi connectivity index (χ0v) is 12.9. The summed E-state index contributed by atoms with van der Waals surface area (Å²) >= 11 is 0. The van der Waals surface area contributed by atoms with E-state index in [9.17, 15) is 0 Å². The van der Waals surface area contributed by atoms with Crippen LogP contribution in [0, 0.1) is 0 Å². The fraction of sp³-hybridized carbons (Fsp3) is 1.00. The maximum atomic E-state index is 8.50. The van der Waals surface area contributed by atoms with E-state index in [-0.39, 0.29) is 6.61 Å². The lowest BCUT2D eigenvalue weighted by Gasteiger charge is -2.12. The lowest BCUT2D eigenvalue weighted by molar-refractivity contribution is 0.201. The third-order valence-electron chi connectivity index (χ3n) is 2.35. The van der Waals surface area contributed by atoms with E-state index in [1.807, 2.05) is 7.05 Å². The average Bonchev–Trinajstić information content (AvgIpc) is 2.90. The molecular weight excluding hydrogens is 246 g/mol. The minimum atomic E-state index is -0.403. The Morgan fingerprint density at radius 2 is 2.00 bits per heavy atom. The Labute approximate surface area is 117 Å². The molecule has 1 fully saturated rings. The van der Waals surface area contributed by atoms with Gasteiger partial charge >= 0.3 is 0 Å². The van der Waals surface area contributed by atoms with E-state index in [1.54, 1.807) is 21.0 Å². The monoisotopic (exact) mass is 279 g/mol. The van der Waals surface area contributed by atoms with E-state index in [1.165, 1.54) is 6.42 Å². The van der Waals surface area contributed by atoms with Gasteiger partial charge in [-0.15, -0.1) is 0 Å². The number of aliphatic hydroxyl groups is 2. The minimum absolute atomic E-state index is 0.0486. The van der Waals surface area contributed by atoms with E-state index in [2.05, 4.69) is 10.6 Å². The SMILES string of the molecule is CC(C)(N)CO.CNCCOC.OCC1CCCN1. The molecule has 6 N–H and O–H groups in total. The summed E-state index contributed by atoms with van der Waals surface area (Å²) in [5.41, 5.74) is 4.88. The Morgan fingerprint density at radius 1 is 1.42 bits per heavy atom. The molecule has 19 heavy (non-hydrogen) atoms. The van der Waals surface area contributed by atoms with Gasteiger partial charge in [0.15, 0.2) is 0 Å². The van der Waals surface area contributed by atoms with Crippen molar-refractivity contribution >= 4 is 0 Å². The first-order valence-corrected chi connectivity index (χ1v) is 6.78. The van der Waals surface area contributed by atoms with Gasteiger partial charge in [-0.2, -0.15) is 0 Å². The molecule has 0 aliphatic carbocycles. The van der Waals surface area contributed by atoms with E-state index < -0.39 is 5.54 Å². The number of methoxy groups -OCH3 is 1. The molecule has 0 aromatic carbocycles. The summed E-state index contributed by atoms with van der Waals surface area (Å²) in [4.78, 5) is 0. The summed E-state index contributed by atoms with van der Waals surface area (Å²) < 4.78 is 4.72. The van der Waals surface area contributed by atoms with Crippen molar-refractivity contribution < 1.29 is 14.9 Å². The summed E-state index contributed by atoms with van der Waals surface area (Å²) in [5, 5.41) is 22.9. The predicted molar refractivity (Wildman–Crippen MR) is 79.3 cm³/mol. The minimum Gasteiger partial charge on any atom is -0.395 e. The predicted octanol–water partition coefficient (Wildman–Crippen LogP) is -0.701. The first-order valence-electron chi connectivity index (χ1n) is 6.78. The molecule has 0 spiro atoms. The molecular formula is C13H33N3O3. The normalized spacial score (nSPS) is 18.2. The van der Waals surface area contributed by atoms with Gasteiger partial charge in [-0.25, -0.2) is 0 Å². The second-order valence-electron chi connectivity index (χ2n) is 5.22. The van der Waals surface area contributed by atoms with Crippen molar-refractivity contribution in [1.29, 1.82) is 0 Å². The van der Waals surface area contributed by atoms with Crippen LogP contribution in [0.4, 0.5) is 0 Å². The van der Waals surface area contributed by atoms with Gasteiger partial charge in [-0.3, -0.25) is 0 Å². The van der Waals surface area contributed by atoms with Gasteiger partial charge in [0.25, 0.3) is 0 Å². The number of aliphatic hydroxyl groups excluding tert-OH is 2. The second-order valence-corrected chi connectivity index (χ2v) is 5.22. The highest BCUT2D eigenvalue weighted by molar-refractivity contribution is 4.71. The van der Waals surface area contributed by atoms with Crippen LogP contribution in [-0.4, -0.2) is 68.9 Å². The molecule has 0 aromatic heterocycles. The van der Waals surface area contributed by atoms with Crippen molar-refractivity contribution in [3.05, 3.63) is 0 Å². The van der Waals surface area contributed by atoms with E-state index in [0.717, 1.165) is 26.1 Å². The van der Waals surface area contributed by atoms with Crippen LogP contribution in [0.2, 0.25) is 0 Å². The zero-order chi connectivity index (χ0) is 15.1. The summed E-state index contributed by atoms with van der Waals surface area (Å²) in [6, 6.07) is 0.403. The number of likely N-dealkylation sites (N-methyl/N-ethyl adjacent to an activating group) is 1. The van der Waals surface area contributed by atoms with Crippen LogP contribution in [0.1, 0.15) is 26.7 Å². The smallest absolute Gasteiger partial charge is 0.0605 e. The number of hydrogen-bond donors (Lipinski definition) is 5. The molecule has 1 aliphatic rings. The molecule has 1 saturated heterocycles. The molecule has 1 unspecified atom stereocenters. The molecule has 6 heteroatoms. The average molecular weight is 279 g/mol. The standard InChI is InChI=1S/C5H11NO.2C4H11NO/c7-4-5-2-1-3-6-5;1-5-3-4-6-2;1-4(2,5)3-6/h5-7H,1-4H2;5H,3-4H2,1-2H3;6H,3,5H2,1-2H3. The van der Waals surface area contributed by atoms with Crippen LogP contribution >= 0.6 is 0 Å². The fourth-order valence-corrected chi connectivity index (χ4v) is 1.12. The lowest BCUT2D eigenvalue weighted by Crippen LogP contribution is -2.35. The van der Waals surface area contributed by atoms with Crippen LogP contribution in [0.25, 0.3) is 0 Å². The maximum Gasteiger partial charge on any atom is 0.0605 e. The lowest BCUT2D eigenvalue weighted by atomic mass is 10.1.